The number of hydrogen-bond acceptors (Lipinski definition) is 3. The average molecular weight is 336 g/mol. The Morgan fingerprint density at radius 3 is 2.64 bits per heavy atom. The lowest BCUT2D eigenvalue weighted by atomic mass is 10.0. The van der Waals surface area contributed by atoms with Crippen LogP contribution in [0.4, 0.5) is 5.69 Å². The highest BCUT2D eigenvalue weighted by atomic mass is 16.5. The number of benzene rings is 2. The molecule has 2 aromatic carbocycles. The van der Waals surface area contributed by atoms with Gasteiger partial charge in [0.1, 0.15) is 0 Å². The Balaban J connectivity index is 1.37. The summed E-state index contributed by atoms with van der Waals surface area (Å²) in [6.45, 7) is 4.54. The maximum absolute atomic E-state index is 12.6. The van der Waals surface area contributed by atoms with Crippen LogP contribution in [0.3, 0.4) is 0 Å². The lowest BCUT2D eigenvalue weighted by Crippen LogP contribution is -2.35. The van der Waals surface area contributed by atoms with Gasteiger partial charge in [-0.05, 0) is 41.7 Å². The van der Waals surface area contributed by atoms with E-state index in [1.54, 1.807) is 0 Å². The molecule has 25 heavy (non-hydrogen) atoms. The number of fused-ring (bicyclic) bond motifs is 1. The summed E-state index contributed by atoms with van der Waals surface area (Å²) in [4.78, 5) is 15.0. The van der Waals surface area contributed by atoms with E-state index in [0.29, 0.717) is 0 Å². The van der Waals surface area contributed by atoms with Gasteiger partial charge < -0.3 is 10.1 Å². The Labute approximate surface area is 148 Å². The van der Waals surface area contributed by atoms with E-state index in [1.807, 2.05) is 24.3 Å². The fraction of sp³-hybridized carbons (Fsp3) is 0.381. The Hall–Kier alpha value is -2.17. The molecule has 0 aromatic heterocycles. The SMILES string of the molecule is O=C(Nc1ccc(CN2CCOCC2)cc1)[C@H]1CCc2ccccc21. The molecule has 1 heterocycles. The van der Waals surface area contributed by atoms with E-state index in [2.05, 4.69) is 34.5 Å². The number of rotatable bonds is 4. The summed E-state index contributed by atoms with van der Waals surface area (Å²) >= 11 is 0. The van der Waals surface area contributed by atoms with Crippen molar-refractivity contribution >= 4 is 11.6 Å². The minimum absolute atomic E-state index is 0.0239. The molecule has 4 nitrogen and oxygen atoms in total. The van der Waals surface area contributed by atoms with Gasteiger partial charge in [0, 0.05) is 25.3 Å². The molecule has 4 rings (SSSR count). The number of morpholine rings is 1. The Bertz CT molecular complexity index is 736. The van der Waals surface area contributed by atoms with Crippen LogP contribution < -0.4 is 5.32 Å². The molecule has 0 unspecified atom stereocenters. The molecule has 1 amide bonds. The monoisotopic (exact) mass is 336 g/mol. The third kappa shape index (κ3) is 3.75. The zero-order valence-corrected chi connectivity index (χ0v) is 14.4. The summed E-state index contributed by atoms with van der Waals surface area (Å²) in [7, 11) is 0. The molecule has 0 radical (unpaired) electrons. The average Bonchev–Trinajstić information content (AvgIpc) is 3.08. The lowest BCUT2D eigenvalue weighted by molar-refractivity contribution is -0.117. The summed E-state index contributed by atoms with van der Waals surface area (Å²) in [5.74, 6) is 0.0788. The molecule has 0 spiro atoms. The van der Waals surface area contributed by atoms with E-state index in [9.17, 15) is 4.79 Å². The Morgan fingerprint density at radius 2 is 1.84 bits per heavy atom. The van der Waals surface area contributed by atoms with E-state index >= 15 is 0 Å². The van der Waals surface area contributed by atoms with Crippen LogP contribution in [0.2, 0.25) is 0 Å². The van der Waals surface area contributed by atoms with Gasteiger partial charge in [-0.3, -0.25) is 9.69 Å². The first-order chi connectivity index (χ1) is 12.3. The number of anilines is 1. The van der Waals surface area contributed by atoms with E-state index in [0.717, 1.165) is 51.4 Å². The molecule has 1 fully saturated rings. The van der Waals surface area contributed by atoms with Crippen LogP contribution in [-0.4, -0.2) is 37.1 Å². The molecule has 1 aliphatic heterocycles. The fourth-order valence-electron chi connectivity index (χ4n) is 3.77. The molecule has 2 aromatic rings. The maximum Gasteiger partial charge on any atom is 0.231 e. The first-order valence-electron chi connectivity index (χ1n) is 9.07. The van der Waals surface area contributed by atoms with Gasteiger partial charge in [0.25, 0.3) is 0 Å². The van der Waals surface area contributed by atoms with E-state index < -0.39 is 0 Å². The highest BCUT2D eigenvalue weighted by Crippen LogP contribution is 2.33. The lowest BCUT2D eigenvalue weighted by Gasteiger charge is -2.26. The summed E-state index contributed by atoms with van der Waals surface area (Å²) in [5.41, 5.74) is 4.64. The topological polar surface area (TPSA) is 41.6 Å². The summed E-state index contributed by atoms with van der Waals surface area (Å²) in [6.07, 6.45) is 1.90. The van der Waals surface area contributed by atoms with Gasteiger partial charge in [0.2, 0.25) is 5.91 Å². The highest BCUT2D eigenvalue weighted by molar-refractivity contribution is 5.96. The number of ether oxygens (including phenoxy) is 1. The third-order valence-corrected chi connectivity index (χ3v) is 5.18. The minimum atomic E-state index is -0.0239. The number of nitrogens with zero attached hydrogens (tertiary/aromatic N) is 1. The van der Waals surface area contributed by atoms with Crippen molar-refractivity contribution in [2.24, 2.45) is 0 Å². The van der Waals surface area contributed by atoms with Crippen molar-refractivity contribution in [2.45, 2.75) is 25.3 Å². The fourth-order valence-corrected chi connectivity index (χ4v) is 3.77. The van der Waals surface area contributed by atoms with Crippen LogP contribution in [0, 0.1) is 0 Å². The number of nitrogens with one attached hydrogen (secondary N) is 1. The van der Waals surface area contributed by atoms with E-state index in [1.165, 1.54) is 16.7 Å². The van der Waals surface area contributed by atoms with Gasteiger partial charge in [0.15, 0.2) is 0 Å². The Kier molecular flexibility index (Phi) is 4.81. The third-order valence-electron chi connectivity index (χ3n) is 5.18. The summed E-state index contributed by atoms with van der Waals surface area (Å²) in [5, 5.41) is 3.08. The molecule has 4 heteroatoms. The molecule has 1 aliphatic carbocycles. The van der Waals surface area contributed by atoms with Crippen molar-refractivity contribution in [1.82, 2.24) is 4.90 Å². The molecular weight excluding hydrogens is 312 g/mol. The number of amides is 1. The molecule has 1 N–H and O–H groups in total. The predicted octanol–water partition coefficient (Wildman–Crippen LogP) is 3.19. The second-order valence-electron chi connectivity index (χ2n) is 6.86. The van der Waals surface area contributed by atoms with Gasteiger partial charge in [-0.1, -0.05) is 36.4 Å². The largest absolute Gasteiger partial charge is 0.379 e. The second-order valence-corrected chi connectivity index (χ2v) is 6.86. The zero-order valence-electron chi connectivity index (χ0n) is 14.4. The molecule has 1 saturated heterocycles. The molecule has 130 valence electrons. The van der Waals surface area contributed by atoms with Gasteiger partial charge >= 0.3 is 0 Å². The van der Waals surface area contributed by atoms with Crippen molar-refractivity contribution in [2.75, 3.05) is 31.6 Å². The van der Waals surface area contributed by atoms with Gasteiger partial charge in [-0.2, -0.15) is 0 Å². The smallest absolute Gasteiger partial charge is 0.231 e. The molecular formula is C21H24N2O2. The highest BCUT2D eigenvalue weighted by Gasteiger charge is 2.28. The number of hydrogen-bond donors (Lipinski definition) is 1. The van der Waals surface area contributed by atoms with Crippen molar-refractivity contribution < 1.29 is 9.53 Å². The molecule has 1 atom stereocenters. The van der Waals surface area contributed by atoms with Crippen molar-refractivity contribution in [1.29, 1.82) is 0 Å². The van der Waals surface area contributed by atoms with Crippen LogP contribution in [0.25, 0.3) is 0 Å². The van der Waals surface area contributed by atoms with E-state index in [-0.39, 0.29) is 11.8 Å². The summed E-state index contributed by atoms with van der Waals surface area (Å²) in [6, 6.07) is 16.5. The maximum atomic E-state index is 12.6. The van der Waals surface area contributed by atoms with Crippen LogP contribution >= 0.6 is 0 Å². The van der Waals surface area contributed by atoms with E-state index in [4.69, 9.17) is 4.74 Å². The zero-order chi connectivity index (χ0) is 17.1. The normalized spacial score (nSPS) is 20.2. The van der Waals surface area contributed by atoms with Crippen molar-refractivity contribution in [3.05, 3.63) is 65.2 Å². The number of carbonyl (C=O) groups is 1. The van der Waals surface area contributed by atoms with Gasteiger partial charge in [-0.15, -0.1) is 0 Å². The standard InChI is InChI=1S/C21H24N2O2/c24-21(20-10-7-17-3-1-2-4-19(17)20)22-18-8-5-16(6-9-18)15-23-11-13-25-14-12-23/h1-6,8-9,20H,7,10-15H2,(H,22,24)/t20-/m0/s1. The molecule has 0 bridgehead atoms. The molecule has 0 saturated carbocycles. The van der Waals surface area contributed by atoms with Gasteiger partial charge in [-0.25, -0.2) is 0 Å². The number of carbonyl (C=O) groups excluding carboxylic acids is 1. The van der Waals surface area contributed by atoms with Crippen molar-refractivity contribution in [3.8, 4) is 0 Å². The quantitative estimate of drug-likeness (QED) is 0.932. The van der Waals surface area contributed by atoms with Crippen LogP contribution in [0.15, 0.2) is 48.5 Å². The minimum Gasteiger partial charge on any atom is -0.379 e. The van der Waals surface area contributed by atoms with Crippen LogP contribution in [-0.2, 0) is 22.5 Å². The van der Waals surface area contributed by atoms with Crippen LogP contribution in [0.5, 0.6) is 0 Å². The second kappa shape index (κ2) is 7.38. The first-order valence-corrected chi connectivity index (χ1v) is 9.07. The predicted molar refractivity (Wildman–Crippen MR) is 98.7 cm³/mol. The molecule has 2 aliphatic rings. The Morgan fingerprint density at radius 1 is 1.08 bits per heavy atom. The van der Waals surface area contributed by atoms with Crippen LogP contribution in [0.1, 0.15) is 29.0 Å². The van der Waals surface area contributed by atoms with Gasteiger partial charge in [0.05, 0.1) is 19.1 Å². The van der Waals surface area contributed by atoms with Crippen molar-refractivity contribution in [3.63, 3.8) is 0 Å². The number of aryl methyl sites for hydroxylation is 1. The summed E-state index contributed by atoms with van der Waals surface area (Å²) < 4.78 is 5.38. The first kappa shape index (κ1) is 16.3.